The zero-order chi connectivity index (χ0) is 11.5. The quantitative estimate of drug-likeness (QED) is 0.813. The molecule has 0 saturated carbocycles. The second kappa shape index (κ2) is 5.17. The molecule has 82 valence electrons. The van der Waals surface area contributed by atoms with Crippen LogP contribution in [-0.2, 0) is 0 Å². The van der Waals surface area contributed by atoms with Gasteiger partial charge in [0.05, 0.1) is 15.8 Å². The summed E-state index contributed by atoms with van der Waals surface area (Å²) in [7, 11) is 0. The smallest absolute Gasteiger partial charge is 0.0593 e. The topological polar surface area (TPSA) is 24.9 Å². The molecule has 2 rings (SSSR count). The van der Waals surface area contributed by atoms with Crippen molar-refractivity contribution in [3.63, 3.8) is 0 Å². The van der Waals surface area contributed by atoms with Crippen LogP contribution in [0.2, 0.25) is 5.02 Å². The lowest BCUT2D eigenvalue weighted by molar-refractivity contribution is 1.30. The van der Waals surface area contributed by atoms with Gasteiger partial charge in [-0.05, 0) is 56.1 Å². The zero-order valence-electron chi connectivity index (χ0n) is 8.05. The molecule has 2 nitrogen and oxygen atoms in total. The van der Waals surface area contributed by atoms with Crippen LogP contribution in [0.25, 0.3) is 0 Å². The maximum absolute atomic E-state index is 5.94. The number of rotatable bonds is 2. The van der Waals surface area contributed by atoms with Crippen LogP contribution in [0.1, 0.15) is 0 Å². The molecule has 1 N–H and O–H groups in total. The van der Waals surface area contributed by atoms with Crippen LogP contribution in [-0.4, -0.2) is 4.98 Å². The fourth-order valence-electron chi connectivity index (χ4n) is 1.21. The number of nitrogens with zero attached hydrogens (tertiary/aromatic N) is 1. The highest BCUT2D eigenvalue weighted by atomic mass is 79.9. The van der Waals surface area contributed by atoms with Crippen LogP contribution in [0.3, 0.4) is 0 Å². The summed E-state index contributed by atoms with van der Waals surface area (Å²) in [6.45, 7) is 0. The normalized spacial score (nSPS) is 10.2. The Labute approximate surface area is 115 Å². The molecule has 0 radical (unpaired) electrons. The lowest BCUT2D eigenvalue weighted by atomic mass is 10.3. The summed E-state index contributed by atoms with van der Waals surface area (Å²) < 4.78 is 1.86. The van der Waals surface area contributed by atoms with E-state index >= 15 is 0 Å². The SMILES string of the molecule is Clc1ccc(Br)c(Nc2ccncc2Br)c1. The molecule has 1 aromatic carbocycles. The van der Waals surface area contributed by atoms with Crippen molar-refractivity contribution in [3.05, 3.63) is 50.6 Å². The van der Waals surface area contributed by atoms with Gasteiger partial charge in [0.25, 0.3) is 0 Å². The maximum atomic E-state index is 5.94. The molecule has 1 heterocycles. The average molecular weight is 362 g/mol. The van der Waals surface area contributed by atoms with Gasteiger partial charge >= 0.3 is 0 Å². The molecule has 0 spiro atoms. The molecule has 0 saturated heterocycles. The van der Waals surface area contributed by atoms with Gasteiger partial charge in [-0.25, -0.2) is 0 Å². The minimum absolute atomic E-state index is 0.691. The fraction of sp³-hybridized carbons (Fsp3) is 0. The molecular weight excluding hydrogens is 355 g/mol. The molecule has 0 atom stereocenters. The van der Waals surface area contributed by atoms with E-state index in [2.05, 4.69) is 42.2 Å². The van der Waals surface area contributed by atoms with E-state index < -0.39 is 0 Å². The van der Waals surface area contributed by atoms with Gasteiger partial charge in [-0.15, -0.1) is 0 Å². The first-order valence-electron chi connectivity index (χ1n) is 4.48. The summed E-state index contributed by atoms with van der Waals surface area (Å²) in [6.07, 6.45) is 3.46. The van der Waals surface area contributed by atoms with Gasteiger partial charge in [0, 0.05) is 21.9 Å². The van der Waals surface area contributed by atoms with Gasteiger partial charge in [-0.3, -0.25) is 4.98 Å². The number of aromatic nitrogens is 1. The van der Waals surface area contributed by atoms with Gasteiger partial charge in [-0.2, -0.15) is 0 Å². The molecule has 0 amide bonds. The maximum Gasteiger partial charge on any atom is 0.0593 e. The molecular formula is C11H7Br2ClN2. The van der Waals surface area contributed by atoms with Crippen molar-refractivity contribution in [1.29, 1.82) is 0 Å². The molecule has 2 aromatic rings. The van der Waals surface area contributed by atoms with Gasteiger partial charge in [-0.1, -0.05) is 11.6 Å². The average Bonchev–Trinajstić information content (AvgIpc) is 2.27. The van der Waals surface area contributed by atoms with Gasteiger partial charge in [0.2, 0.25) is 0 Å². The largest absolute Gasteiger partial charge is 0.354 e. The Morgan fingerprint density at radius 1 is 1.06 bits per heavy atom. The van der Waals surface area contributed by atoms with Crippen LogP contribution in [0.4, 0.5) is 11.4 Å². The van der Waals surface area contributed by atoms with E-state index in [1.165, 1.54) is 0 Å². The van der Waals surface area contributed by atoms with Gasteiger partial charge < -0.3 is 5.32 Å². The van der Waals surface area contributed by atoms with Crippen molar-refractivity contribution in [1.82, 2.24) is 4.98 Å². The van der Waals surface area contributed by atoms with Crippen LogP contribution >= 0.6 is 43.5 Å². The summed E-state index contributed by atoms with van der Waals surface area (Å²) in [5.74, 6) is 0. The van der Waals surface area contributed by atoms with Gasteiger partial charge in [0.15, 0.2) is 0 Å². The standard InChI is InChI=1S/C11H7Br2ClN2/c12-8-2-1-7(14)5-11(8)16-10-3-4-15-6-9(10)13/h1-6H,(H,15,16). The minimum Gasteiger partial charge on any atom is -0.354 e. The number of anilines is 2. The molecule has 0 aliphatic heterocycles. The van der Waals surface area contributed by atoms with E-state index in [1.807, 2.05) is 24.3 Å². The lowest BCUT2D eigenvalue weighted by Gasteiger charge is -2.10. The highest BCUT2D eigenvalue weighted by Crippen LogP contribution is 2.31. The van der Waals surface area contributed by atoms with Crippen molar-refractivity contribution in [2.24, 2.45) is 0 Å². The third-order valence-corrected chi connectivity index (χ3v) is 3.53. The Bertz CT molecular complexity index is 517. The first-order chi connectivity index (χ1) is 7.66. The van der Waals surface area contributed by atoms with Crippen LogP contribution < -0.4 is 5.32 Å². The van der Waals surface area contributed by atoms with Gasteiger partial charge in [0.1, 0.15) is 0 Å². The zero-order valence-corrected chi connectivity index (χ0v) is 12.0. The van der Waals surface area contributed by atoms with Crippen LogP contribution in [0.15, 0.2) is 45.6 Å². The number of halogens is 3. The Morgan fingerprint density at radius 3 is 2.62 bits per heavy atom. The summed E-state index contributed by atoms with van der Waals surface area (Å²) in [5.41, 5.74) is 1.86. The second-order valence-corrected chi connectivity index (χ2v) is 5.25. The first kappa shape index (κ1) is 11.9. The lowest BCUT2D eigenvalue weighted by Crippen LogP contribution is -1.92. The Hall–Kier alpha value is -0.580. The van der Waals surface area contributed by atoms with E-state index in [9.17, 15) is 0 Å². The Morgan fingerprint density at radius 2 is 1.88 bits per heavy atom. The first-order valence-corrected chi connectivity index (χ1v) is 6.45. The van der Waals surface area contributed by atoms with Crippen molar-refractivity contribution in [2.75, 3.05) is 5.32 Å². The molecule has 0 aliphatic carbocycles. The third-order valence-electron chi connectivity index (χ3n) is 1.97. The summed E-state index contributed by atoms with van der Waals surface area (Å²) in [6, 6.07) is 7.48. The van der Waals surface area contributed by atoms with E-state index in [1.54, 1.807) is 12.4 Å². The van der Waals surface area contributed by atoms with E-state index in [0.29, 0.717) is 5.02 Å². The molecule has 0 bridgehead atoms. The van der Waals surface area contributed by atoms with Crippen molar-refractivity contribution in [2.45, 2.75) is 0 Å². The fourth-order valence-corrected chi connectivity index (χ4v) is 2.08. The molecule has 0 aliphatic rings. The minimum atomic E-state index is 0.691. The van der Waals surface area contributed by atoms with Crippen molar-refractivity contribution < 1.29 is 0 Å². The predicted molar refractivity (Wildman–Crippen MR) is 74.4 cm³/mol. The summed E-state index contributed by atoms with van der Waals surface area (Å²) in [4.78, 5) is 4.00. The van der Waals surface area contributed by atoms with E-state index in [4.69, 9.17) is 11.6 Å². The van der Waals surface area contributed by atoms with E-state index in [0.717, 1.165) is 20.3 Å². The number of pyridine rings is 1. The molecule has 16 heavy (non-hydrogen) atoms. The number of hydrogen-bond donors (Lipinski definition) is 1. The van der Waals surface area contributed by atoms with Crippen LogP contribution in [0, 0.1) is 0 Å². The molecule has 1 aromatic heterocycles. The highest BCUT2D eigenvalue weighted by Gasteiger charge is 2.03. The van der Waals surface area contributed by atoms with Crippen LogP contribution in [0.5, 0.6) is 0 Å². The predicted octanol–water partition coefficient (Wildman–Crippen LogP) is 5.00. The number of hydrogen-bond acceptors (Lipinski definition) is 2. The molecule has 5 heteroatoms. The summed E-state index contributed by atoms with van der Waals surface area (Å²) >= 11 is 12.8. The second-order valence-electron chi connectivity index (χ2n) is 3.10. The van der Waals surface area contributed by atoms with E-state index in [-0.39, 0.29) is 0 Å². The Balaban J connectivity index is 2.34. The summed E-state index contributed by atoms with van der Waals surface area (Å²) in [5, 5.41) is 3.95. The molecule has 0 unspecified atom stereocenters. The third kappa shape index (κ3) is 2.75. The van der Waals surface area contributed by atoms with Crippen molar-refractivity contribution in [3.8, 4) is 0 Å². The molecule has 0 fully saturated rings. The number of nitrogens with one attached hydrogen (secondary N) is 1. The number of benzene rings is 1. The monoisotopic (exact) mass is 360 g/mol. The highest BCUT2D eigenvalue weighted by molar-refractivity contribution is 9.11. The Kier molecular flexibility index (Phi) is 3.84. The van der Waals surface area contributed by atoms with Crippen molar-refractivity contribution >= 4 is 54.8 Å².